The van der Waals surface area contributed by atoms with Crippen LogP contribution in [0.15, 0.2) is 40.9 Å². The maximum Gasteiger partial charge on any atom is 0.312 e. The van der Waals surface area contributed by atoms with Crippen molar-refractivity contribution in [3.8, 4) is 5.75 Å². The first-order valence-electron chi connectivity index (χ1n) is 5.48. The molecule has 0 atom stereocenters. The Hall–Kier alpha value is -1.30. The summed E-state index contributed by atoms with van der Waals surface area (Å²) >= 11 is 15.0. The third kappa shape index (κ3) is 3.42. The summed E-state index contributed by atoms with van der Waals surface area (Å²) < 4.78 is 6.35. The van der Waals surface area contributed by atoms with E-state index < -0.39 is 4.92 Å². The molecular formula is C13H8BrCl2NO3. The highest BCUT2D eigenvalue weighted by atomic mass is 79.9. The van der Waals surface area contributed by atoms with E-state index in [9.17, 15) is 10.1 Å². The smallest absolute Gasteiger partial charge is 0.312 e. The van der Waals surface area contributed by atoms with Gasteiger partial charge in [0.2, 0.25) is 0 Å². The van der Waals surface area contributed by atoms with E-state index in [0.717, 1.165) is 10.0 Å². The van der Waals surface area contributed by atoms with Gasteiger partial charge in [0.1, 0.15) is 6.61 Å². The predicted octanol–water partition coefficient (Wildman–Crippen LogP) is 5.24. The first kappa shape index (κ1) is 15.1. The molecule has 0 spiro atoms. The molecule has 0 unspecified atom stereocenters. The van der Waals surface area contributed by atoms with Gasteiger partial charge in [0.05, 0.1) is 15.0 Å². The molecule has 0 amide bonds. The number of ether oxygens (including phenoxy) is 1. The van der Waals surface area contributed by atoms with Crippen LogP contribution in [0.1, 0.15) is 5.56 Å². The number of nitro groups is 1. The molecule has 0 fully saturated rings. The van der Waals surface area contributed by atoms with Crippen LogP contribution < -0.4 is 4.74 Å². The van der Waals surface area contributed by atoms with Gasteiger partial charge >= 0.3 is 5.69 Å². The number of rotatable bonds is 4. The monoisotopic (exact) mass is 375 g/mol. The molecule has 0 saturated carbocycles. The molecule has 4 nitrogen and oxygen atoms in total. The minimum atomic E-state index is -0.558. The predicted molar refractivity (Wildman–Crippen MR) is 81.6 cm³/mol. The van der Waals surface area contributed by atoms with Gasteiger partial charge in [0.25, 0.3) is 0 Å². The standard InChI is InChI=1S/C13H8BrCl2NO3/c14-9-4-2-1-3-8(9)7-20-13-6-11(16)10(15)5-12(13)17(18)19/h1-6H,7H2. The van der Waals surface area contributed by atoms with Crippen molar-refractivity contribution in [2.45, 2.75) is 6.61 Å². The SMILES string of the molecule is O=[N+]([O-])c1cc(Cl)c(Cl)cc1OCc1ccccc1Br. The van der Waals surface area contributed by atoms with Gasteiger partial charge in [-0.3, -0.25) is 10.1 Å². The first-order chi connectivity index (χ1) is 9.49. The summed E-state index contributed by atoms with van der Waals surface area (Å²) in [6.45, 7) is 0.181. The number of hydrogen-bond acceptors (Lipinski definition) is 3. The Labute approximate surface area is 133 Å². The number of halogens is 3. The molecule has 0 aliphatic heterocycles. The molecule has 20 heavy (non-hydrogen) atoms. The van der Waals surface area contributed by atoms with Gasteiger partial charge < -0.3 is 4.74 Å². The fourth-order valence-corrected chi connectivity index (χ4v) is 2.26. The Balaban J connectivity index is 2.27. The molecule has 104 valence electrons. The molecule has 0 aliphatic rings. The van der Waals surface area contributed by atoms with Crippen molar-refractivity contribution in [1.29, 1.82) is 0 Å². The van der Waals surface area contributed by atoms with Crippen molar-refractivity contribution in [1.82, 2.24) is 0 Å². The Bertz CT molecular complexity index is 664. The summed E-state index contributed by atoms with van der Waals surface area (Å²) in [5.74, 6) is 0.0835. The van der Waals surface area contributed by atoms with E-state index in [0.29, 0.717) is 0 Å². The zero-order valence-electron chi connectivity index (χ0n) is 9.98. The largest absolute Gasteiger partial charge is 0.482 e. The third-order valence-corrected chi connectivity index (χ3v) is 4.04. The Kier molecular flexibility index (Phi) is 4.86. The van der Waals surface area contributed by atoms with E-state index in [4.69, 9.17) is 27.9 Å². The van der Waals surface area contributed by atoms with Gasteiger partial charge in [0.15, 0.2) is 5.75 Å². The van der Waals surface area contributed by atoms with Crippen LogP contribution in [0.25, 0.3) is 0 Å². The van der Waals surface area contributed by atoms with E-state index in [1.807, 2.05) is 24.3 Å². The molecule has 2 aromatic carbocycles. The van der Waals surface area contributed by atoms with Crippen LogP contribution in [0.5, 0.6) is 5.75 Å². The molecule has 0 aliphatic carbocycles. The van der Waals surface area contributed by atoms with Crippen LogP contribution in [-0.4, -0.2) is 4.92 Å². The molecule has 0 N–H and O–H groups in total. The maximum absolute atomic E-state index is 11.0. The lowest BCUT2D eigenvalue weighted by Crippen LogP contribution is -2.00. The fourth-order valence-electron chi connectivity index (χ4n) is 1.55. The van der Waals surface area contributed by atoms with Crippen molar-refractivity contribution < 1.29 is 9.66 Å². The van der Waals surface area contributed by atoms with Crippen molar-refractivity contribution in [3.05, 3.63) is 66.6 Å². The van der Waals surface area contributed by atoms with Gasteiger partial charge in [-0.2, -0.15) is 0 Å². The average molecular weight is 377 g/mol. The molecule has 0 bridgehead atoms. The van der Waals surface area contributed by atoms with Gasteiger partial charge in [-0.25, -0.2) is 0 Å². The van der Waals surface area contributed by atoms with Crippen molar-refractivity contribution in [2.24, 2.45) is 0 Å². The number of nitro benzene ring substituents is 1. The average Bonchev–Trinajstić information content (AvgIpc) is 2.41. The van der Waals surface area contributed by atoms with Gasteiger partial charge in [-0.15, -0.1) is 0 Å². The minimum Gasteiger partial charge on any atom is -0.482 e. The highest BCUT2D eigenvalue weighted by Crippen LogP contribution is 2.36. The van der Waals surface area contributed by atoms with E-state index >= 15 is 0 Å². The second kappa shape index (κ2) is 6.43. The second-order valence-corrected chi connectivity index (χ2v) is 5.54. The van der Waals surface area contributed by atoms with Crippen LogP contribution in [-0.2, 0) is 6.61 Å². The minimum absolute atomic E-state index is 0.0835. The third-order valence-electron chi connectivity index (χ3n) is 2.54. The zero-order chi connectivity index (χ0) is 14.7. The lowest BCUT2D eigenvalue weighted by atomic mass is 10.2. The summed E-state index contributed by atoms with van der Waals surface area (Å²) in [6, 6.07) is 9.97. The van der Waals surface area contributed by atoms with E-state index in [2.05, 4.69) is 15.9 Å². The topological polar surface area (TPSA) is 52.4 Å². The number of hydrogen-bond donors (Lipinski definition) is 0. The summed E-state index contributed by atoms with van der Waals surface area (Å²) in [6.07, 6.45) is 0. The summed E-state index contributed by atoms with van der Waals surface area (Å²) in [7, 11) is 0. The molecule has 2 aromatic rings. The van der Waals surface area contributed by atoms with Gasteiger partial charge in [-0.05, 0) is 6.07 Å². The lowest BCUT2D eigenvalue weighted by molar-refractivity contribution is -0.385. The highest BCUT2D eigenvalue weighted by molar-refractivity contribution is 9.10. The number of benzene rings is 2. The second-order valence-electron chi connectivity index (χ2n) is 3.87. The van der Waals surface area contributed by atoms with Crippen molar-refractivity contribution >= 4 is 44.8 Å². The zero-order valence-corrected chi connectivity index (χ0v) is 13.1. The molecule has 0 radical (unpaired) electrons. The van der Waals surface area contributed by atoms with Gasteiger partial charge in [-0.1, -0.05) is 57.3 Å². The Morgan fingerprint density at radius 3 is 2.50 bits per heavy atom. The molecule has 0 saturated heterocycles. The Morgan fingerprint density at radius 1 is 1.20 bits per heavy atom. The van der Waals surface area contributed by atoms with Crippen molar-refractivity contribution in [2.75, 3.05) is 0 Å². The van der Waals surface area contributed by atoms with Crippen LogP contribution in [0.2, 0.25) is 10.0 Å². The Morgan fingerprint density at radius 2 is 1.85 bits per heavy atom. The molecular weight excluding hydrogens is 369 g/mol. The quantitative estimate of drug-likeness (QED) is 0.541. The normalized spacial score (nSPS) is 10.3. The maximum atomic E-state index is 11.0. The highest BCUT2D eigenvalue weighted by Gasteiger charge is 2.18. The fraction of sp³-hybridized carbons (Fsp3) is 0.0769. The summed E-state index contributed by atoms with van der Waals surface area (Å²) in [5, 5.41) is 11.3. The van der Waals surface area contributed by atoms with E-state index in [-0.39, 0.29) is 28.1 Å². The summed E-state index contributed by atoms with van der Waals surface area (Å²) in [4.78, 5) is 10.4. The first-order valence-corrected chi connectivity index (χ1v) is 7.03. The molecule has 2 rings (SSSR count). The van der Waals surface area contributed by atoms with Gasteiger partial charge in [0, 0.05) is 22.2 Å². The molecule has 7 heteroatoms. The van der Waals surface area contributed by atoms with Crippen LogP contribution in [0, 0.1) is 10.1 Å². The van der Waals surface area contributed by atoms with E-state index in [1.54, 1.807) is 0 Å². The molecule has 0 heterocycles. The van der Waals surface area contributed by atoms with Crippen LogP contribution in [0.3, 0.4) is 0 Å². The van der Waals surface area contributed by atoms with Crippen LogP contribution in [0.4, 0.5) is 5.69 Å². The van der Waals surface area contributed by atoms with E-state index in [1.165, 1.54) is 12.1 Å². The van der Waals surface area contributed by atoms with Crippen molar-refractivity contribution in [3.63, 3.8) is 0 Å². The summed E-state index contributed by atoms with van der Waals surface area (Å²) in [5.41, 5.74) is 0.652. The van der Waals surface area contributed by atoms with Crippen LogP contribution >= 0.6 is 39.1 Å². The number of nitrogens with zero attached hydrogens (tertiary/aromatic N) is 1. The lowest BCUT2D eigenvalue weighted by Gasteiger charge is -2.09. The molecule has 0 aromatic heterocycles.